The molecular formula is C13H18ClN3O3S. The molecule has 0 radical (unpaired) electrons. The second-order valence-corrected chi connectivity index (χ2v) is 6.16. The summed E-state index contributed by atoms with van der Waals surface area (Å²) >= 11 is 7.38. The monoisotopic (exact) mass is 331 g/mol. The number of halogens is 1. The van der Waals surface area contributed by atoms with Crippen molar-refractivity contribution >= 4 is 35.0 Å². The number of amides is 1. The van der Waals surface area contributed by atoms with E-state index in [1.807, 2.05) is 6.26 Å². The zero-order valence-electron chi connectivity index (χ0n) is 12.2. The third kappa shape index (κ3) is 4.07. The highest BCUT2D eigenvalue weighted by atomic mass is 35.5. The SMILES string of the molecule is CCC(CC)(CNC(=O)c1ccnc(Cl)c1[N+](=O)[O-])SC. The Kier molecular flexibility index (Phi) is 6.42. The summed E-state index contributed by atoms with van der Waals surface area (Å²) < 4.78 is -0.0682. The third-order valence-corrected chi connectivity index (χ3v) is 5.46. The highest BCUT2D eigenvalue weighted by Gasteiger charge is 2.28. The van der Waals surface area contributed by atoms with Crippen molar-refractivity contribution in [2.24, 2.45) is 0 Å². The molecule has 0 bridgehead atoms. The molecule has 6 nitrogen and oxygen atoms in total. The fourth-order valence-corrected chi connectivity index (χ4v) is 3.00. The van der Waals surface area contributed by atoms with E-state index in [1.54, 1.807) is 11.8 Å². The van der Waals surface area contributed by atoms with Crippen LogP contribution < -0.4 is 5.32 Å². The largest absolute Gasteiger partial charge is 0.350 e. The number of hydrogen-bond acceptors (Lipinski definition) is 5. The molecule has 1 aromatic heterocycles. The molecule has 0 unspecified atom stereocenters. The molecule has 116 valence electrons. The van der Waals surface area contributed by atoms with Gasteiger partial charge in [-0.25, -0.2) is 4.98 Å². The Labute approximate surface area is 132 Å². The van der Waals surface area contributed by atoms with E-state index in [9.17, 15) is 14.9 Å². The van der Waals surface area contributed by atoms with Gasteiger partial charge in [0, 0.05) is 17.5 Å². The van der Waals surface area contributed by atoms with Crippen LogP contribution in [-0.4, -0.2) is 33.4 Å². The van der Waals surface area contributed by atoms with Crippen LogP contribution in [0.5, 0.6) is 0 Å². The first-order valence-electron chi connectivity index (χ1n) is 6.53. The van der Waals surface area contributed by atoms with E-state index in [0.717, 1.165) is 12.8 Å². The summed E-state index contributed by atoms with van der Waals surface area (Å²) in [6, 6.07) is 1.30. The van der Waals surface area contributed by atoms with Crippen LogP contribution in [0.3, 0.4) is 0 Å². The van der Waals surface area contributed by atoms with Crippen LogP contribution >= 0.6 is 23.4 Å². The molecule has 0 saturated heterocycles. The Hall–Kier alpha value is -1.34. The van der Waals surface area contributed by atoms with Crippen molar-refractivity contribution in [2.45, 2.75) is 31.4 Å². The molecule has 1 rings (SSSR count). The molecule has 0 atom stereocenters. The number of thioether (sulfide) groups is 1. The minimum Gasteiger partial charge on any atom is -0.350 e. The van der Waals surface area contributed by atoms with E-state index in [4.69, 9.17) is 11.6 Å². The maximum atomic E-state index is 12.2. The molecule has 1 aromatic rings. The first kappa shape index (κ1) is 17.7. The van der Waals surface area contributed by atoms with Crippen molar-refractivity contribution in [3.8, 4) is 0 Å². The van der Waals surface area contributed by atoms with Crippen LogP contribution in [0.1, 0.15) is 37.0 Å². The number of carbonyl (C=O) groups is 1. The van der Waals surface area contributed by atoms with E-state index in [2.05, 4.69) is 24.1 Å². The minimum atomic E-state index is -0.689. The summed E-state index contributed by atoms with van der Waals surface area (Å²) in [6.45, 7) is 4.55. The van der Waals surface area contributed by atoms with Crippen molar-refractivity contribution in [1.82, 2.24) is 10.3 Å². The number of rotatable bonds is 7. The van der Waals surface area contributed by atoms with Crippen molar-refractivity contribution < 1.29 is 9.72 Å². The van der Waals surface area contributed by atoms with Gasteiger partial charge >= 0.3 is 5.69 Å². The van der Waals surface area contributed by atoms with E-state index in [0.29, 0.717) is 6.54 Å². The summed E-state index contributed by atoms with van der Waals surface area (Å²) in [6.07, 6.45) is 5.06. The molecular weight excluding hydrogens is 314 g/mol. The second-order valence-electron chi connectivity index (χ2n) is 4.53. The minimum absolute atomic E-state index is 0.0674. The number of aromatic nitrogens is 1. The summed E-state index contributed by atoms with van der Waals surface area (Å²) in [5.74, 6) is -0.508. The van der Waals surface area contributed by atoms with E-state index >= 15 is 0 Å². The topological polar surface area (TPSA) is 85.1 Å². The molecule has 0 aliphatic heterocycles. The Morgan fingerprint density at radius 2 is 2.14 bits per heavy atom. The van der Waals surface area contributed by atoms with Crippen LogP contribution in [0.4, 0.5) is 5.69 Å². The molecule has 1 heterocycles. The molecule has 8 heteroatoms. The van der Waals surface area contributed by atoms with Crippen molar-refractivity contribution in [2.75, 3.05) is 12.8 Å². The summed E-state index contributed by atoms with van der Waals surface area (Å²) in [5.41, 5.74) is -0.526. The summed E-state index contributed by atoms with van der Waals surface area (Å²) in [5, 5.41) is 13.5. The summed E-state index contributed by atoms with van der Waals surface area (Å²) in [7, 11) is 0. The van der Waals surface area contributed by atoms with Gasteiger partial charge < -0.3 is 5.32 Å². The average Bonchev–Trinajstić information content (AvgIpc) is 2.48. The molecule has 0 aliphatic carbocycles. The lowest BCUT2D eigenvalue weighted by Gasteiger charge is -2.29. The van der Waals surface area contributed by atoms with Gasteiger partial charge in [-0.15, -0.1) is 0 Å². The van der Waals surface area contributed by atoms with Gasteiger partial charge in [-0.1, -0.05) is 25.4 Å². The van der Waals surface area contributed by atoms with Crippen molar-refractivity contribution in [1.29, 1.82) is 0 Å². The number of nitrogens with one attached hydrogen (secondary N) is 1. The number of nitrogens with zero attached hydrogens (tertiary/aromatic N) is 2. The van der Waals surface area contributed by atoms with E-state index in [-0.39, 0.29) is 15.5 Å². The van der Waals surface area contributed by atoms with Gasteiger partial charge in [0.25, 0.3) is 5.91 Å². The molecule has 0 spiro atoms. The lowest BCUT2D eigenvalue weighted by atomic mass is 10.0. The second kappa shape index (κ2) is 7.61. The van der Waals surface area contributed by atoms with E-state index < -0.39 is 16.5 Å². The molecule has 1 N–H and O–H groups in total. The first-order chi connectivity index (χ1) is 9.90. The Morgan fingerprint density at radius 1 is 1.52 bits per heavy atom. The third-order valence-electron chi connectivity index (χ3n) is 3.60. The Balaban J connectivity index is 2.96. The zero-order valence-corrected chi connectivity index (χ0v) is 13.8. The predicted molar refractivity (Wildman–Crippen MR) is 85.1 cm³/mol. The fourth-order valence-electron chi connectivity index (χ4n) is 1.98. The lowest BCUT2D eigenvalue weighted by molar-refractivity contribution is -0.385. The van der Waals surface area contributed by atoms with Gasteiger partial charge in [0.2, 0.25) is 5.15 Å². The van der Waals surface area contributed by atoms with Gasteiger partial charge in [-0.05, 0) is 25.2 Å². The molecule has 0 aliphatic rings. The summed E-state index contributed by atoms with van der Waals surface area (Å²) in [4.78, 5) is 26.2. The molecule has 0 fully saturated rings. The number of hydrogen-bond donors (Lipinski definition) is 1. The quantitative estimate of drug-likeness (QED) is 0.470. The van der Waals surface area contributed by atoms with Gasteiger partial charge in [-0.2, -0.15) is 11.8 Å². The van der Waals surface area contributed by atoms with E-state index in [1.165, 1.54) is 12.3 Å². The maximum absolute atomic E-state index is 12.2. The maximum Gasteiger partial charge on any atom is 0.319 e. The van der Waals surface area contributed by atoms with Crippen molar-refractivity contribution in [3.63, 3.8) is 0 Å². The highest BCUT2D eigenvalue weighted by molar-refractivity contribution is 8.00. The van der Waals surface area contributed by atoms with Gasteiger partial charge in [-0.3, -0.25) is 14.9 Å². The van der Waals surface area contributed by atoms with Crippen LogP contribution in [0.15, 0.2) is 12.3 Å². The van der Waals surface area contributed by atoms with Gasteiger partial charge in [0.15, 0.2) is 0 Å². The van der Waals surface area contributed by atoms with Gasteiger partial charge in [0.1, 0.15) is 5.56 Å². The van der Waals surface area contributed by atoms with Crippen LogP contribution in [0, 0.1) is 10.1 Å². The van der Waals surface area contributed by atoms with Gasteiger partial charge in [0.05, 0.1) is 4.92 Å². The molecule has 21 heavy (non-hydrogen) atoms. The van der Waals surface area contributed by atoms with Crippen LogP contribution in [0.2, 0.25) is 5.15 Å². The normalized spacial score (nSPS) is 11.2. The lowest BCUT2D eigenvalue weighted by Crippen LogP contribution is -2.39. The molecule has 0 aromatic carbocycles. The highest BCUT2D eigenvalue weighted by Crippen LogP contribution is 2.30. The fraction of sp³-hybridized carbons (Fsp3) is 0.538. The number of pyridine rings is 1. The standard InChI is InChI=1S/C13H18ClN3O3S/c1-4-13(5-2,21-3)8-16-12(18)9-6-7-15-11(14)10(9)17(19)20/h6-7H,4-5,8H2,1-3H3,(H,16,18). The predicted octanol–water partition coefficient (Wildman–Crippen LogP) is 3.29. The van der Waals surface area contributed by atoms with Crippen LogP contribution in [-0.2, 0) is 0 Å². The Bertz CT molecular complexity index is 527. The average molecular weight is 332 g/mol. The van der Waals surface area contributed by atoms with Crippen molar-refractivity contribution in [3.05, 3.63) is 33.1 Å². The molecule has 0 saturated carbocycles. The van der Waals surface area contributed by atoms with Crippen LogP contribution in [0.25, 0.3) is 0 Å². The molecule has 1 amide bonds. The first-order valence-corrected chi connectivity index (χ1v) is 8.13. The Morgan fingerprint density at radius 3 is 2.62 bits per heavy atom. The number of nitro groups is 1. The smallest absolute Gasteiger partial charge is 0.319 e. The zero-order chi connectivity index (χ0) is 16.0. The number of carbonyl (C=O) groups excluding carboxylic acids is 1.